The Labute approximate surface area is 82.1 Å². The Morgan fingerprint density at radius 1 is 1.36 bits per heavy atom. The molecule has 0 fully saturated rings. The lowest BCUT2D eigenvalue weighted by Gasteiger charge is -2.16. The summed E-state index contributed by atoms with van der Waals surface area (Å²) in [4.78, 5) is 0. The van der Waals surface area contributed by atoms with Crippen LogP contribution in [-0.2, 0) is 0 Å². The van der Waals surface area contributed by atoms with Crippen molar-refractivity contribution in [3.63, 3.8) is 0 Å². The molecule has 1 aromatic rings. The van der Waals surface area contributed by atoms with Crippen molar-refractivity contribution in [1.29, 1.82) is 0 Å². The lowest BCUT2D eigenvalue weighted by atomic mass is 10.0. The number of hydrogen-bond donors (Lipinski definition) is 2. The van der Waals surface area contributed by atoms with E-state index in [9.17, 15) is 8.78 Å². The molecular weight excluding hydrogens is 186 g/mol. The van der Waals surface area contributed by atoms with Gasteiger partial charge in [0, 0.05) is 5.56 Å². The van der Waals surface area contributed by atoms with Gasteiger partial charge in [-0.1, -0.05) is 19.4 Å². The molecule has 0 amide bonds. The molecule has 0 radical (unpaired) electrons. The lowest BCUT2D eigenvalue weighted by molar-refractivity contribution is 0.451. The summed E-state index contributed by atoms with van der Waals surface area (Å²) in [5, 5.41) is 0. The van der Waals surface area contributed by atoms with E-state index in [1.54, 1.807) is 0 Å². The van der Waals surface area contributed by atoms with E-state index in [-0.39, 0.29) is 5.56 Å². The molecule has 0 saturated heterocycles. The van der Waals surface area contributed by atoms with Crippen LogP contribution in [0, 0.1) is 11.6 Å². The van der Waals surface area contributed by atoms with E-state index in [1.165, 1.54) is 18.2 Å². The molecule has 0 saturated carbocycles. The second kappa shape index (κ2) is 5.02. The van der Waals surface area contributed by atoms with Crippen LogP contribution >= 0.6 is 0 Å². The topological polar surface area (TPSA) is 38.0 Å². The molecule has 14 heavy (non-hydrogen) atoms. The minimum atomic E-state index is -0.554. The van der Waals surface area contributed by atoms with Gasteiger partial charge in [-0.25, -0.2) is 8.78 Å². The van der Waals surface area contributed by atoms with Crippen LogP contribution in [0.25, 0.3) is 0 Å². The van der Waals surface area contributed by atoms with E-state index in [2.05, 4.69) is 5.43 Å². The standard InChI is InChI=1S/C10H14F2N2/c1-2-4-9(14-13)10-7(11)5-3-6-8(10)12/h3,5-6,9,14H,2,4,13H2,1H3. The van der Waals surface area contributed by atoms with Gasteiger partial charge in [-0.3, -0.25) is 11.3 Å². The van der Waals surface area contributed by atoms with Crippen molar-refractivity contribution in [2.45, 2.75) is 25.8 Å². The van der Waals surface area contributed by atoms with Crippen molar-refractivity contribution in [1.82, 2.24) is 5.43 Å². The molecule has 2 nitrogen and oxygen atoms in total. The van der Waals surface area contributed by atoms with Crippen LogP contribution in [0.5, 0.6) is 0 Å². The van der Waals surface area contributed by atoms with Crippen LogP contribution in [0.1, 0.15) is 31.4 Å². The van der Waals surface area contributed by atoms with Gasteiger partial charge >= 0.3 is 0 Å². The molecule has 1 unspecified atom stereocenters. The zero-order valence-electron chi connectivity index (χ0n) is 8.06. The molecule has 0 aliphatic heterocycles. The first kappa shape index (κ1) is 11.1. The average molecular weight is 200 g/mol. The van der Waals surface area contributed by atoms with Crippen molar-refractivity contribution in [2.24, 2.45) is 5.84 Å². The third-order valence-electron chi connectivity index (χ3n) is 2.13. The number of hydrogen-bond acceptors (Lipinski definition) is 2. The molecule has 0 spiro atoms. The fourth-order valence-corrected chi connectivity index (χ4v) is 1.44. The van der Waals surface area contributed by atoms with Gasteiger partial charge in [0.1, 0.15) is 11.6 Å². The molecule has 0 bridgehead atoms. The quantitative estimate of drug-likeness (QED) is 0.578. The smallest absolute Gasteiger partial charge is 0.130 e. The number of hydrazine groups is 1. The number of rotatable bonds is 4. The molecule has 4 heteroatoms. The molecule has 1 aromatic carbocycles. The summed E-state index contributed by atoms with van der Waals surface area (Å²) in [6.07, 6.45) is 1.41. The van der Waals surface area contributed by atoms with Gasteiger partial charge in [0.2, 0.25) is 0 Å². The van der Waals surface area contributed by atoms with Gasteiger partial charge in [-0.2, -0.15) is 0 Å². The first-order valence-electron chi connectivity index (χ1n) is 4.60. The maximum Gasteiger partial charge on any atom is 0.130 e. The van der Waals surface area contributed by atoms with Crippen molar-refractivity contribution in [2.75, 3.05) is 0 Å². The van der Waals surface area contributed by atoms with Crippen LogP contribution in [0.2, 0.25) is 0 Å². The molecule has 3 N–H and O–H groups in total. The molecule has 0 aliphatic rings. The minimum absolute atomic E-state index is 0.0249. The van der Waals surface area contributed by atoms with Gasteiger partial charge in [-0.15, -0.1) is 0 Å². The van der Waals surface area contributed by atoms with E-state index in [0.29, 0.717) is 6.42 Å². The Bertz CT molecular complexity index is 282. The lowest BCUT2D eigenvalue weighted by Crippen LogP contribution is -2.29. The zero-order chi connectivity index (χ0) is 10.6. The maximum atomic E-state index is 13.3. The highest BCUT2D eigenvalue weighted by molar-refractivity contribution is 5.23. The summed E-state index contributed by atoms with van der Waals surface area (Å²) >= 11 is 0. The fraction of sp³-hybridized carbons (Fsp3) is 0.400. The molecule has 1 rings (SSSR count). The summed E-state index contributed by atoms with van der Waals surface area (Å²) in [6.45, 7) is 1.93. The van der Waals surface area contributed by atoms with Gasteiger partial charge < -0.3 is 0 Å². The molecule has 0 aliphatic carbocycles. The molecule has 1 atom stereocenters. The second-order valence-corrected chi connectivity index (χ2v) is 3.14. The monoisotopic (exact) mass is 200 g/mol. The first-order valence-corrected chi connectivity index (χ1v) is 4.60. The third-order valence-corrected chi connectivity index (χ3v) is 2.13. The minimum Gasteiger partial charge on any atom is -0.271 e. The molecule has 78 valence electrons. The summed E-state index contributed by atoms with van der Waals surface area (Å²) in [5.74, 6) is 4.14. The van der Waals surface area contributed by atoms with Crippen molar-refractivity contribution >= 4 is 0 Å². The third kappa shape index (κ3) is 2.27. The van der Waals surface area contributed by atoms with Crippen molar-refractivity contribution in [3.05, 3.63) is 35.4 Å². The van der Waals surface area contributed by atoms with Crippen LogP contribution in [0.4, 0.5) is 8.78 Å². The number of nitrogens with two attached hydrogens (primary N) is 1. The normalized spacial score (nSPS) is 12.9. The van der Waals surface area contributed by atoms with E-state index in [4.69, 9.17) is 5.84 Å². The summed E-state index contributed by atoms with van der Waals surface area (Å²) in [5.41, 5.74) is 2.45. The highest BCUT2D eigenvalue weighted by Crippen LogP contribution is 2.23. The van der Waals surface area contributed by atoms with Gasteiger partial charge in [-0.05, 0) is 18.6 Å². The Kier molecular flexibility index (Phi) is 3.98. The Balaban J connectivity index is 3.02. The second-order valence-electron chi connectivity index (χ2n) is 3.14. The van der Waals surface area contributed by atoms with Crippen LogP contribution in [0.3, 0.4) is 0 Å². The van der Waals surface area contributed by atoms with E-state index >= 15 is 0 Å². The average Bonchev–Trinajstić information content (AvgIpc) is 2.16. The van der Waals surface area contributed by atoms with Crippen LogP contribution < -0.4 is 11.3 Å². The van der Waals surface area contributed by atoms with Crippen molar-refractivity contribution in [3.8, 4) is 0 Å². The fourth-order valence-electron chi connectivity index (χ4n) is 1.44. The van der Waals surface area contributed by atoms with Crippen LogP contribution in [0.15, 0.2) is 18.2 Å². The molecule has 0 heterocycles. The van der Waals surface area contributed by atoms with Crippen LogP contribution in [-0.4, -0.2) is 0 Å². The summed E-state index contributed by atoms with van der Waals surface area (Å²) in [6, 6.07) is 3.35. The predicted molar refractivity (Wildman–Crippen MR) is 51.3 cm³/mol. The van der Waals surface area contributed by atoms with E-state index in [1.807, 2.05) is 6.92 Å². The largest absolute Gasteiger partial charge is 0.271 e. The highest BCUT2D eigenvalue weighted by atomic mass is 19.1. The Morgan fingerprint density at radius 2 is 1.93 bits per heavy atom. The number of halogens is 2. The maximum absolute atomic E-state index is 13.3. The first-order chi connectivity index (χ1) is 6.70. The number of nitrogens with one attached hydrogen (secondary N) is 1. The van der Waals surface area contributed by atoms with Gasteiger partial charge in [0.15, 0.2) is 0 Å². The summed E-state index contributed by atoms with van der Waals surface area (Å²) in [7, 11) is 0. The van der Waals surface area contributed by atoms with Gasteiger partial charge in [0.05, 0.1) is 6.04 Å². The SMILES string of the molecule is CCCC(NN)c1c(F)cccc1F. The Hall–Kier alpha value is -1.00. The zero-order valence-corrected chi connectivity index (χ0v) is 8.06. The molecular formula is C10H14F2N2. The molecule has 0 aromatic heterocycles. The van der Waals surface area contributed by atoms with E-state index < -0.39 is 17.7 Å². The highest BCUT2D eigenvalue weighted by Gasteiger charge is 2.17. The van der Waals surface area contributed by atoms with Gasteiger partial charge in [0.25, 0.3) is 0 Å². The number of benzene rings is 1. The Morgan fingerprint density at radius 3 is 2.36 bits per heavy atom. The van der Waals surface area contributed by atoms with E-state index in [0.717, 1.165) is 6.42 Å². The predicted octanol–water partition coefficient (Wildman–Crippen LogP) is 2.27. The summed E-state index contributed by atoms with van der Waals surface area (Å²) < 4.78 is 26.6. The van der Waals surface area contributed by atoms with Crippen molar-refractivity contribution < 1.29 is 8.78 Å².